The van der Waals surface area contributed by atoms with Crippen molar-refractivity contribution in [3.05, 3.63) is 36.0 Å². The van der Waals surface area contributed by atoms with Crippen LogP contribution in [0.2, 0.25) is 0 Å². The zero-order chi connectivity index (χ0) is 28.2. The van der Waals surface area contributed by atoms with Crippen LogP contribution in [0.25, 0.3) is 10.9 Å². The number of amides is 2. The summed E-state index contributed by atoms with van der Waals surface area (Å²) in [6, 6.07) is 5.71. The first kappa shape index (κ1) is 28.5. The molecule has 0 radical (unpaired) electrons. The van der Waals surface area contributed by atoms with Crippen molar-refractivity contribution in [2.24, 2.45) is 5.41 Å². The molecule has 210 valence electrons. The minimum absolute atomic E-state index is 0.0115. The van der Waals surface area contributed by atoms with Crippen molar-refractivity contribution in [2.45, 2.75) is 77.0 Å². The van der Waals surface area contributed by atoms with Gasteiger partial charge in [0.25, 0.3) is 0 Å². The van der Waals surface area contributed by atoms with Gasteiger partial charge in [-0.3, -0.25) is 14.4 Å². The molecule has 1 aromatic heterocycles. The Balaban J connectivity index is 1.57. The Kier molecular flexibility index (Phi) is 8.54. The third kappa shape index (κ3) is 6.92. The predicted molar refractivity (Wildman–Crippen MR) is 147 cm³/mol. The third-order valence-corrected chi connectivity index (χ3v) is 7.77. The van der Waals surface area contributed by atoms with Crippen LogP contribution in [0.4, 0.5) is 0 Å². The number of ether oxygens (including phenoxy) is 1. The molecule has 2 atom stereocenters. The van der Waals surface area contributed by atoms with Crippen molar-refractivity contribution in [3.63, 3.8) is 0 Å². The van der Waals surface area contributed by atoms with Gasteiger partial charge in [0.15, 0.2) is 5.78 Å². The molecule has 0 aliphatic carbocycles. The highest BCUT2D eigenvalue weighted by Gasteiger charge is 2.46. The maximum atomic E-state index is 13.7. The number of carbonyl (C=O) groups excluding carboxylic acids is 4. The van der Waals surface area contributed by atoms with Crippen LogP contribution in [0.3, 0.4) is 0 Å². The van der Waals surface area contributed by atoms with Gasteiger partial charge in [-0.1, -0.05) is 18.2 Å². The van der Waals surface area contributed by atoms with Gasteiger partial charge in [0, 0.05) is 29.9 Å². The van der Waals surface area contributed by atoms with Gasteiger partial charge in [-0.25, -0.2) is 4.79 Å². The molecule has 1 aromatic carbocycles. The number of fused-ring (bicyclic) bond motifs is 4. The largest absolute Gasteiger partial charge is 0.458 e. The SMILES string of the molecule is CC(C)(C)OC(=O)[C@H](CCC(=O)C=N)NC(=O)[C@H](Cc1c[nH]c2ccccc12)NC(=O)C12CCN(CC1)CC2. The lowest BCUT2D eigenvalue weighted by atomic mass is 9.71. The van der Waals surface area contributed by atoms with Crippen molar-refractivity contribution in [3.8, 4) is 0 Å². The molecule has 2 amide bonds. The molecule has 2 aromatic rings. The van der Waals surface area contributed by atoms with Gasteiger partial charge in [-0.05, 0) is 77.7 Å². The van der Waals surface area contributed by atoms with Gasteiger partial charge in [0.05, 0.1) is 11.6 Å². The Labute approximate surface area is 228 Å². The number of aromatic nitrogens is 1. The van der Waals surface area contributed by atoms with Gasteiger partial charge in [0.2, 0.25) is 11.8 Å². The van der Waals surface area contributed by atoms with E-state index in [0.717, 1.165) is 55.4 Å². The van der Waals surface area contributed by atoms with Crippen LogP contribution in [0.5, 0.6) is 0 Å². The van der Waals surface area contributed by atoms with Crippen LogP contribution in [0, 0.1) is 10.8 Å². The highest BCUT2D eigenvalue weighted by molar-refractivity contribution is 6.26. The smallest absolute Gasteiger partial charge is 0.329 e. The summed E-state index contributed by atoms with van der Waals surface area (Å²) in [5, 5.41) is 13.9. The zero-order valence-electron chi connectivity index (χ0n) is 23.0. The fourth-order valence-corrected chi connectivity index (χ4v) is 5.46. The number of carbonyl (C=O) groups is 4. The Morgan fingerprint density at radius 1 is 1.08 bits per heavy atom. The molecule has 10 heteroatoms. The zero-order valence-corrected chi connectivity index (χ0v) is 23.0. The van der Waals surface area contributed by atoms with Crippen molar-refractivity contribution in [1.82, 2.24) is 20.5 Å². The first-order chi connectivity index (χ1) is 18.5. The quantitative estimate of drug-likeness (QED) is 0.256. The lowest BCUT2D eigenvalue weighted by molar-refractivity contribution is -0.159. The summed E-state index contributed by atoms with van der Waals surface area (Å²) in [6.07, 6.45) is 4.93. The first-order valence-electron chi connectivity index (χ1n) is 13.6. The second-order valence-corrected chi connectivity index (χ2v) is 11.7. The molecule has 3 saturated heterocycles. The predicted octanol–water partition coefficient (Wildman–Crippen LogP) is 2.51. The van der Waals surface area contributed by atoms with E-state index < -0.39 is 40.8 Å². The first-order valence-corrected chi connectivity index (χ1v) is 13.6. The molecule has 3 aliphatic heterocycles. The molecule has 3 fully saturated rings. The third-order valence-electron chi connectivity index (χ3n) is 7.77. The lowest BCUT2D eigenvalue weighted by Crippen LogP contribution is -2.59. The van der Waals surface area contributed by atoms with Crippen LogP contribution in [-0.4, -0.2) is 77.0 Å². The van der Waals surface area contributed by atoms with E-state index >= 15 is 0 Å². The monoisotopic (exact) mass is 537 g/mol. The normalized spacial score (nSPS) is 22.1. The number of nitrogens with one attached hydrogen (secondary N) is 4. The second-order valence-electron chi connectivity index (χ2n) is 11.7. The number of hydrogen-bond donors (Lipinski definition) is 4. The fraction of sp³-hybridized carbons (Fsp3) is 0.552. The van der Waals surface area contributed by atoms with Crippen LogP contribution >= 0.6 is 0 Å². The van der Waals surface area contributed by atoms with Crippen LogP contribution in [0.15, 0.2) is 30.5 Å². The summed E-state index contributed by atoms with van der Waals surface area (Å²) >= 11 is 0. The maximum absolute atomic E-state index is 13.7. The Bertz CT molecular complexity index is 1220. The molecule has 39 heavy (non-hydrogen) atoms. The average molecular weight is 538 g/mol. The number of ketones is 1. The lowest BCUT2D eigenvalue weighted by Gasteiger charge is -2.47. The summed E-state index contributed by atoms with van der Waals surface area (Å²) < 4.78 is 5.51. The molecular weight excluding hydrogens is 498 g/mol. The molecule has 2 bridgehead atoms. The van der Waals surface area contributed by atoms with Gasteiger partial charge >= 0.3 is 5.97 Å². The number of hydrogen-bond acceptors (Lipinski definition) is 7. The van der Waals surface area contributed by atoms with Gasteiger partial charge in [-0.2, -0.15) is 0 Å². The summed E-state index contributed by atoms with van der Waals surface area (Å²) in [4.78, 5) is 57.8. The van der Waals surface area contributed by atoms with E-state index in [-0.39, 0.29) is 25.2 Å². The molecule has 0 saturated carbocycles. The molecule has 10 nitrogen and oxygen atoms in total. The van der Waals surface area contributed by atoms with Crippen molar-refractivity contribution < 1.29 is 23.9 Å². The van der Waals surface area contributed by atoms with Crippen molar-refractivity contribution >= 4 is 40.7 Å². The summed E-state index contributed by atoms with van der Waals surface area (Å²) in [5.41, 5.74) is 0.509. The number of Topliss-reactive ketones (excluding diaryl/α,β-unsaturated/α-hetero) is 1. The number of esters is 1. The Morgan fingerprint density at radius 2 is 1.74 bits per heavy atom. The molecular formula is C29H39N5O5. The van der Waals surface area contributed by atoms with E-state index in [2.05, 4.69) is 20.5 Å². The number of benzene rings is 1. The molecule has 5 rings (SSSR count). The Morgan fingerprint density at radius 3 is 2.38 bits per heavy atom. The molecule has 0 spiro atoms. The van der Waals surface area contributed by atoms with E-state index in [1.807, 2.05) is 30.5 Å². The summed E-state index contributed by atoms with van der Waals surface area (Å²) in [5.74, 6) is -1.76. The molecule has 0 unspecified atom stereocenters. The van der Waals surface area contributed by atoms with Crippen LogP contribution < -0.4 is 10.6 Å². The minimum atomic E-state index is -1.10. The van der Waals surface area contributed by atoms with Crippen molar-refractivity contribution in [2.75, 3.05) is 19.6 Å². The number of H-pyrrole nitrogens is 1. The van der Waals surface area contributed by atoms with Crippen molar-refractivity contribution in [1.29, 1.82) is 5.41 Å². The molecule has 3 aliphatic rings. The van der Waals surface area contributed by atoms with Gasteiger partial charge in [-0.15, -0.1) is 0 Å². The average Bonchev–Trinajstić information content (AvgIpc) is 3.33. The van der Waals surface area contributed by atoms with E-state index in [4.69, 9.17) is 10.1 Å². The highest BCUT2D eigenvalue weighted by Crippen LogP contribution is 2.40. The van der Waals surface area contributed by atoms with E-state index in [1.165, 1.54) is 0 Å². The standard InChI is InChI=1S/C29H39N5O5/c1-28(2,3)39-26(37)23(9-8-20(35)17-30)32-25(36)24(16-19-18-31-22-7-5-4-6-21(19)22)33-27(38)29-10-13-34(14-11-29)15-12-29/h4-7,17-18,23-24,30-31H,8-16H2,1-3H3,(H,32,36)(H,33,38)/t23-,24-/m0/s1. The number of para-hydroxylation sites is 1. The van der Waals surface area contributed by atoms with E-state index in [0.29, 0.717) is 6.21 Å². The highest BCUT2D eigenvalue weighted by atomic mass is 16.6. The number of aromatic amines is 1. The number of piperidine rings is 3. The Hall–Kier alpha value is -3.53. The molecule has 4 heterocycles. The molecule has 4 N–H and O–H groups in total. The van der Waals surface area contributed by atoms with E-state index in [9.17, 15) is 19.2 Å². The maximum Gasteiger partial charge on any atom is 0.329 e. The number of nitrogens with zero attached hydrogens (tertiary/aromatic N) is 1. The van der Waals surface area contributed by atoms with Crippen LogP contribution in [0.1, 0.15) is 58.4 Å². The van der Waals surface area contributed by atoms with Crippen LogP contribution in [-0.2, 0) is 30.3 Å². The minimum Gasteiger partial charge on any atom is -0.458 e. The summed E-state index contributed by atoms with van der Waals surface area (Å²) in [7, 11) is 0. The van der Waals surface area contributed by atoms with Gasteiger partial charge < -0.3 is 30.7 Å². The summed E-state index contributed by atoms with van der Waals surface area (Å²) in [6.45, 7) is 7.78. The fourth-order valence-electron chi connectivity index (χ4n) is 5.46. The van der Waals surface area contributed by atoms with E-state index in [1.54, 1.807) is 20.8 Å². The second kappa shape index (κ2) is 11.7. The topological polar surface area (TPSA) is 144 Å². The van der Waals surface area contributed by atoms with Gasteiger partial charge in [0.1, 0.15) is 17.7 Å². The number of rotatable bonds is 11.